The molecule has 0 aromatic carbocycles. The van der Waals surface area contributed by atoms with E-state index in [1.165, 1.54) is 6.92 Å². The van der Waals surface area contributed by atoms with Crippen molar-refractivity contribution < 1.29 is 34.1 Å². The molecule has 0 unspecified atom stereocenters. The van der Waals surface area contributed by atoms with Gasteiger partial charge in [0.1, 0.15) is 11.2 Å². The van der Waals surface area contributed by atoms with Gasteiger partial charge in [0, 0.05) is 6.42 Å². The van der Waals surface area contributed by atoms with E-state index in [0.29, 0.717) is 0 Å². The lowest BCUT2D eigenvalue weighted by Gasteiger charge is -2.34. The molecule has 0 amide bonds. The summed E-state index contributed by atoms with van der Waals surface area (Å²) in [6.07, 6.45) is 0.0509. The topological polar surface area (TPSA) is 118 Å². The van der Waals surface area contributed by atoms with E-state index in [-0.39, 0.29) is 25.9 Å². The Balaban J connectivity index is 2.87. The van der Waals surface area contributed by atoms with E-state index in [1.807, 2.05) is 0 Å². The van der Waals surface area contributed by atoms with Crippen LogP contribution < -0.4 is 0 Å². The number of ether oxygens (including phenoxy) is 1. The maximum Gasteiger partial charge on any atom is 0.319 e. The van der Waals surface area contributed by atoms with Gasteiger partial charge in [-0.1, -0.05) is 0 Å². The van der Waals surface area contributed by atoms with E-state index in [0.717, 1.165) is 0 Å². The zero-order valence-corrected chi connectivity index (χ0v) is 11.4. The molecule has 0 bridgehead atoms. The molecule has 1 aliphatic carbocycles. The molecule has 0 aromatic rings. The highest BCUT2D eigenvalue weighted by atomic mass is 16.5. The van der Waals surface area contributed by atoms with Gasteiger partial charge in [-0.05, 0) is 32.6 Å². The first-order valence-electron chi connectivity index (χ1n) is 6.40. The predicted octanol–water partition coefficient (Wildman–Crippen LogP) is 0.710. The van der Waals surface area contributed by atoms with Gasteiger partial charge in [-0.15, -0.1) is 0 Å². The molecule has 0 heterocycles. The monoisotopic (exact) mass is 286 g/mol. The van der Waals surface area contributed by atoms with E-state index in [4.69, 9.17) is 14.9 Å². The molecule has 1 rings (SSSR count). The van der Waals surface area contributed by atoms with Crippen LogP contribution in [0.3, 0.4) is 0 Å². The smallest absolute Gasteiger partial charge is 0.319 e. The molecule has 2 N–H and O–H groups in total. The van der Waals surface area contributed by atoms with Crippen LogP contribution in [0.25, 0.3) is 0 Å². The standard InChI is InChI=1S/C13H18O7/c1-3-20-12(19)13(2)5-4-7(6-8(13)14)9(10(15)16)11(17)18/h7,9H,3-6H2,1-2H3,(H,15,16)(H,17,18)/t7-,13-/m1/s1. The number of carboxylic acids is 2. The highest BCUT2D eigenvalue weighted by Crippen LogP contribution is 2.39. The molecular formula is C13H18O7. The van der Waals surface area contributed by atoms with Crippen molar-refractivity contribution in [2.45, 2.75) is 33.1 Å². The van der Waals surface area contributed by atoms with Crippen LogP contribution in [0.4, 0.5) is 0 Å². The fraction of sp³-hybridized carbons (Fsp3) is 0.692. The Kier molecular flexibility index (Phi) is 4.86. The van der Waals surface area contributed by atoms with Crippen LogP contribution in [0.2, 0.25) is 0 Å². The summed E-state index contributed by atoms with van der Waals surface area (Å²) >= 11 is 0. The molecule has 0 aromatic heterocycles. The highest BCUT2D eigenvalue weighted by Gasteiger charge is 2.49. The third-order valence-electron chi connectivity index (χ3n) is 3.81. The molecule has 20 heavy (non-hydrogen) atoms. The predicted molar refractivity (Wildman–Crippen MR) is 65.8 cm³/mol. The molecule has 7 heteroatoms. The number of esters is 1. The van der Waals surface area contributed by atoms with Gasteiger partial charge in [-0.2, -0.15) is 0 Å². The average molecular weight is 286 g/mol. The third kappa shape index (κ3) is 2.97. The van der Waals surface area contributed by atoms with Crippen LogP contribution in [-0.2, 0) is 23.9 Å². The number of carbonyl (C=O) groups excluding carboxylic acids is 2. The second-order valence-electron chi connectivity index (χ2n) is 5.13. The van der Waals surface area contributed by atoms with Gasteiger partial charge in [0.2, 0.25) is 0 Å². The zero-order valence-electron chi connectivity index (χ0n) is 11.4. The summed E-state index contributed by atoms with van der Waals surface area (Å²) in [7, 11) is 0. The van der Waals surface area contributed by atoms with Crippen molar-refractivity contribution in [3.05, 3.63) is 0 Å². The van der Waals surface area contributed by atoms with E-state index in [2.05, 4.69) is 0 Å². The summed E-state index contributed by atoms with van der Waals surface area (Å²) in [6, 6.07) is 0. The number of carboxylic acid groups (broad SMARTS) is 2. The lowest BCUT2D eigenvalue weighted by atomic mass is 9.67. The van der Waals surface area contributed by atoms with Crippen LogP contribution in [0.5, 0.6) is 0 Å². The molecule has 0 aliphatic heterocycles. The summed E-state index contributed by atoms with van der Waals surface area (Å²) < 4.78 is 4.85. The first-order chi connectivity index (χ1) is 9.24. The van der Waals surface area contributed by atoms with Crippen molar-refractivity contribution in [1.82, 2.24) is 0 Å². The largest absolute Gasteiger partial charge is 0.481 e. The molecule has 1 aliphatic rings. The summed E-state index contributed by atoms with van der Waals surface area (Å²) in [5, 5.41) is 17.8. The Labute approximate surface area is 115 Å². The minimum atomic E-state index is -1.62. The van der Waals surface area contributed by atoms with Gasteiger partial charge >= 0.3 is 17.9 Å². The molecule has 0 radical (unpaired) electrons. The minimum Gasteiger partial charge on any atom is -0.481 e. The van der Waals surface area contributed by atoms with Crippen molar-refractivity contribution in [1.29, 1.82) is 0 Å². The summed E-state index contributed by atoms with van der Waals surface area (Å²) in [4.78, 5) is 45.8. The molecule has 2 atom stereocenters. The van der Waals surface area contributed by atoms with E-state index < -0.39 is 40.9 Å². The fourth-order valence-electron chi connectivity index (χ4n) is 2.48. The number of hydrogen-bond acceptors (Lipinski definition) is 5. The average Bonchev–Trinajstić information content (AvgIpc) is 2.33. The fourth-order valence-corrected chi connectivity index (χ4v) is 2.48. The molecule has 7 nitrogen and oxygen atoms in total. The molecule has 1 fully saturated rings. The Morgan fingerprint density at radius 3 is 2.30 bits per heavy atom. The van der Waals surface area contributed by atoms with Crippen molar-refractivity contribution in [3.63, 3.8) is 0 Å². The molecule has 0 spiro atoms. The Morgan fingerprint density at radius 1 is 1.35 bits per heavy atom. The first kappa shape index (κ1) is 16.1. The lowest BCUT2D eigenvalue weighted by molar-refractivity contribution is -0.164. The van der Waals surface area contributed by atoms with E-state index in [9.17, 15) is 19.2 Å². The number of hydrogen-bond donors (Lipinski definition) is 2. The maximum atomic E-state index is 12.1. The van der Waals surface area contributed by atoms with Crippen LogP contribution in [0.1, 0.15) is 33.1 Å². The van der Waals surface area contributed by atoms with Gasteiger partial charge in [0.15, 0.2) is 5.92 Å². The highest BCUT2D eigenvalue weighted by molar-refractivity contribution is 6.04. The number of aliphatic carboxylic acids is 2. The minimum absolute atomic E-state index is 0.104. The summed E-state index contributed by atoms with van der Waals surface area (Å²) in [6.45, 7) is 3.24. The van der Waals surface area contributed by atoms with Gasteiger partial charge in [0.05, 0.1) is 6.61 Å². The van der Waals surface area contributed by atoms with Crippen LogP contribution >= 0.6 is 0 Å². The van der Waals surface area contributed by atoms with Crippen molar-refractivity contribution in [3.8, 4) is 0 Å². The van der Waals surface area contributed by atoms with Crippen LogP contribution in [0, 0.1) is 17.3 Å². The number of rotatable bonds is 5. The van der Waals surface area contributed by atoms with Gasteiger partial charge < -0.3 is 14.9 Å². The van der Waals surface area contributed by atoms with E-state index in [1.54, 1.807) is 6.92 Å². The number of Topliss-reactive ketones (excluding diaryl/α,β-unsaturated/α-hetero) is 1. The van der Waals surface area contributed by atoms with Gasteiger partial charge in [0.25, 0.3) is 0 Å². The van der Waals surface area contributed by atoms with Crippen molar-refractivity contribution in [2.75, 3.05) is 6.61 Å². The second kappa shape index (κ2) is 6.02. The summed E-state index contributed by atoms with van der Waals surface area (Å²) in [5.74, 6) is -6.43. The summed E-state index contributed by atoms with van der Waals surface area (Å²) in [5.41, 5.74) is -1.30. The van der Waals surface area contributed by atoms with Gasteiger partial charge in [-0.25, -0.2) is 0 Å². The maximum absolute atomic E-state index is 12.1. The Morgan fingerprint density at radius 2 is 1.90 bits per heavy atom. The van der Waals surface area contributed by atoms with Crippen molar-refractivity contribution in [2.24, 2.45) is 17.3 Å². The first-order valence-corrected chi connectivity index (χ1v) is 6.40. The Bertz CT molecular complexity index is 428. The molecular weight excluding hydrogens is 268 g/mol. The molecule has 0 saturated heterocycles. The van der Waals surface area contributed by atoms with Crippen LogP contribution in [0.15, 0.2) is 0 Å². The third-order valence-corrected chi connectivity index (χ3v) is 3.81. The number of ketones is 1. The van der Waals surface area contributed by atoms with Crippen molar-refractivity contribution >= 4 is 23.7 Å². The lowest BCUT2D eigenvalue weighted by Crippen LogP contribution is -2.45. The van der Waals surface area contributed by atoms with Gasteiger partial charge in [-0.3, -0.25) is 19.2 Å². The number of carbonyl (C=O) groups is 4. The molecule has 1 saturated carbocycles. The second-order valence-corrected chi connectivity index (χ2v) is 5.13. The molecule has 112 valence electrons. The quantitative estimate of drug-likeness (QED) is 0.564. The normalized spacial score (nSPS) is 26.4. The van der Waals surface area contributed by atoms with E-state index >= 15 is 0 Å². The zero-order chi connectivity index (χ0) is 15.5. The Hall–Kier alpha value is -1.92. The SMILES string of the molecule is CCOC(=O)[C@]1(C)CC[C@@H](C(C(=O)O)C(=O)O)CC1=O. The van der Waals surface area contributed by atoms with Crippen LogP contribution in [-0.4, -0.2) is 40.5 Å².